The van der Waals surface area contributed by atoms with Crippen LogP contribution in [0.25, 0.3) is 11.1 Å². The number of thiophene rings is 1. The second kappa shape index (κ2) is 3.18. The average molecular weight is 191 g/mol. The maximum absolute atomic E-state index is 11.0. The molecule has 0 saturated carbocycles. The third-order valence-corrected chi connectivity index (χ3v) is 2.79. The fraction of sp³-hybridized carbons (Fsp3) is 0.100. The van der Waals surface area contributed by atoms with E-state index in [1.54, 1.807) is 23.6 Å². The molecule has 0 unspecified atom stereocenters. The standard InChI is InChI=1S/C10H9NOS/c1-7-9(3-5-13-7)8-2-4-11-10(12)6-8/h2-6H,1H3,(H,11,12). The molecule has 3 heteroatoms. The van der Waals surface area contributed by atoms with Crippen LogP contribution in [0.4, 0.5) is 0 Å². The lowest BCUT2D eigenvalue weighted by Gasteiger charge is -1.97. The van der Waals surface area contributed by atoms with Gasteiger partial charge in [0.2, 0.25) is 5.56 Å². The molecule has 1 N–H and O–H groups in total. The Labute approximate surface area is 79.9 Å². The van der Waals surface area contributed by atoms with Gasteiger partial charge in [-0.25, -0.2) is 0 Å². The van der Waals surface area contributed by atoms with Crippen LogP contribution in [0.2, 0.25) is 0 Å². The lowest BCUT2D eigenvalue weighted by molar-refractivity contribution is 1.24. The first-order chi connectivity index (χ1) is 6.27. The summed E-state index contributed by atoms with van der Waals surface area (Å²) in [5.74, 6) is 0. The van der Waals surface area contributed by atoms with Crippen molar-refractivity contribution >= 4 is 11.3 Å². The minimum absolute atomic E-state index is 0.0527. The van der Waals surface area contributed by atoms with Crippen LogP contribution in [-0.4, -0.2) is 4.98 Å². The molecule has 2 heterocycles. The van der Waals surface area contributed by atoms with Crippen molar-refractivity contribution in [2.24, 2.45) is 0 Å². The molecular weight excluding hydrogens is 182 g/mol. The zero-order valence-electron chi connectivity index (χ0n) is 7.20. The molecule has 0 fully saturated rings. The number of aryl methyl sites for hydroxylation is 1. The SMILES string of the molecule is Cc1sccc1-c1cc[nH]c(=O)c1. The van der Waals surface area contributed by atoms with Gasteiger partial charge in [0.05, 0.1) is 0 Å². The van der Waals surface area contributed by atoms with Crippen LogP contribution in [0.3, 0.4) is 0 Å². The second-order valence-electron chi connectivity index (χ2n) is 2.83. The lowest BCUT2D eigenvalue weighted by atomic mass is 10.1. The number of H-pyrrole nitrogens is 1. The van der Waals surface area contributed by atoms with Crippen LogP contribution >= 0.6 is 11.3 Å². The molecule has 0 aliphatic heterocycles. The van der Waals surface area contributed by atoms with Crippen molar-refractivity contribution in [2.75, 3.05) is 0 Å². The smallest absolute Gasteiger partial charge is 0.248 e. The van der Waals surface area contributed by atoms with Gasteiger partial charge < -0.3 is 4.98 Å². The van der Waals surface area contributed by atoms with E-state index in [9.17, 15) is 4.79 Å². The first-order valence-corrected chi connectivity index (χ1v) is 4.88. The van der Waals surface area contributed by atoms with E-state index in [1.165, 1.54) is 4.88 Å². The van der Waals surface area contributed by atoms with Crippen molar-refractivity contribution in [3.05, 3.63) is 45.0 Å². The molecule has 0 aliphatic rings. The zero-order chi connectivity index (χ0) is 9.26. The van der Waals surface area contributed by atoms with E-state index in [0.717, 1.165) is 11.1 Å². The topological polar surface area (TPSA) is 32.9 Å². The molecule has 0 saturated heterocycles. The third kappa shape index (κ3) is 1.55. The second-order valence-corrected chi connectivity index (χ2v) is 3.95. The third-order valence-electron chi connectivity index (χ3n) is 1.94. The highest BCUT2D eigenvalue weighted by atomic mass is 32.1. The van der Waals surface area contributed by atoms with E-state index in [0.29, 0.717) is 0 Å². The summed E-state index contributed by atoms with van der Waals surface area (Å²) in [4.78, 5) is 14.9. The van der Waals surface area contributed by atoms with Crippen LogP contribution in [-0.2, 0) is 0 Å². The Morgan fingerprint density at radius 3 is 2.85 bits per heavy atom. The Balaban J connectivity index is 2.59. The van der Waals surface area contributed by atoms with Gasteiger partial charge in [0.15, 0.2) is 0 Å². The van der Waals surface area contributed by atoms with Gasteiger partial charge in [0, 0.05) is 17.1 Å². The van der Waals surface area contributed by atoms with Crippen molar-refractivity contribution in [3.8, 4) is 11.1 Å². The fourth-order valence-electron chi connectivity index (χ4n) is 1.30. The summed E-state index contributed by atoms with van der Waals surface area (Å²) in [7, 11) is 0. The largest absolute Gasteiger partial charge is 0.329 e. The van der Waals surface area contributed by atoms with Crippen LogP contribution < -0.4 is 5.56 Å². The van der Waals surface area contributed by atoms with E-state index < -0.39 is 0 Å². The molecule has 0 spiro atoms. The maximum atomic E-state index is 11.0. The Morgan fingerprint density at radius 2 is 2.23 bits per heavy atom. The van der Waals surface area contributed by atoms with Crippen LogP contribution in [0.1, 0.15) is 4.88 Å². The Hall–Kier alpha value is -1.35. The summed E-state index contributed by atoms with van der Waals surface area (Å²) in [6.07, 6.45) is 1.68. The summed E-state index contributed by atoms with van der Waals surface area (Å²) in [5.41, 5.74) is 2.08. The van der Waals surface area contributed by atoms with E-state index in [4.69, 9.17) is 0 Å². The summed E-state index contributed by atoms with van der Waals surface area (Å²) in [6.45, 7) is 2.06. The number of aromatic nitrogens is 1. The molecule has 0 aromatic carbocycles. The van der Waals surface area contributed by atoms with Gasteiger partial charge in [-0.2, -0.15) is 0 Å². The highest BCUT2D eigenvalue weighted by molar-refractivity contribution is 7.10. The molecular formula is C10H9NOS. The maximum Gasteiger partial charge on any atom is 0.248 e. The predicted molar refractivity (Wildman–Crippen MR) is 55.1 cm³/mol. The Kier molecular flexibility index (Phi) is 2.02. The minimum atomic E-state index is -0.0527. The fourth-order valence-corrected chi connectivity index (χ4v) is 2.02. The van der Waals surface area contributed by atoms with E-state index in [2.05, 4.69) is 11.9 Å². The Morgan fingerprint density at radius 1 is 1.38 bits per heavy atom. The highest BCUT2D eigenvalue weighted by Gasteiger charge is 2.02. The quantitative estimate of drug-likeness (QED) is 0.737. The number of hydrogen-bond acceptors (Lipinski definition) is 2. The number of nitrogens with one attached hydrogen (secondary N) is 1. The van der Waals surface area contributed by atoms with Crippen molar-refractivity contribution in [1.29, 1.82) is 0 Å². The summed E-state index contributed by atoms with van der Waals surface area (Å²) in [6, 6.07) is 5.57. The van der Waals surface area contributed by atoms with Crippen molar-refractivity contribution in [2.45, 2.75) is 6.92 Å². The van der Waals surface area contributed by atoms with Gasteiger partial charge in [0.25, 0.3) is 0 Å². The van der Waals surface area contributed by atoms with E-state index >= 15 is 0 Å². The monoisotopic (exact) mass is 191 g/mol. The molecule has 13 heavy (non-hydrogen) atoms. The minimum Gasteiger partial charge on any atom is -0.329 e. The normalized spacial score (nSPS) is 10.2. The molecule has 2 aromatic heterocycles. The first-order valence-electron chi connectivity index (χ1n) is 4.00. The van der Waals surface area contributed by atoms with Gasteiger partial charge >= 0.3 is 0 Å². The van der Waals surface area contributed by atoms with Gasteiger partial charge in [-0.15, -0.1) is 11.3 Å². The van der Waals surface area contributed by atoms with Crippen LogP contribution in [0, 0.1) is 6.92 Å². The molecule has 2 nitrogen and oxygen atoms in total. The molecule has 0 aliphatic carbocycles. The van der Waals surface area contributed by atoms with Gasteiger partial charge in [-0.05, 0) is 35.6 Å². The number of rotatable bonds is 1. The first kappa shape index (κ1) is 8.26. The number of hydrogen-bond donors (Lipinski definition) is 1. The average Bonchev–Trinajstić information content (AvgIpc) is 2.51. The molecule has 0 amide bonds. The van der Waals surface area contributed by atoms with Gasteiger partial charge in [0.1, 0.15) is 0 Å². The summed E-state index contributed by atoms with van der Waals surface area (Å²) in [5, 5.41) is 2.03. The van der Waals surface area contributed by atoms with Crippen LogP contribution in [0.15, 0.2) is 34.6 Å². The number of pyridine rings is 1. The van der Waals surface area contributed by atoms with Crippen molar-refractivity contribution in [3.63, 3.8) is 0 Å². The van der Waals surface area contributed by atoms with Crippen molar-refractivity contribution in [1.82, 2.24) is 4.98 Å². The molecule has 2 rings (SSSR count). The zero-order valence-corrected chi connectivity index (χ0v) is 8.02. The predicted octanol–water partition coefficient (Wildman–Crippen LogP) is 2.41. The molecule has 2 aromatic rings. The lowest BCUT2D eigenvalue weighted by Crippen LogP contribution is -2.01. The Bertz CT molecular complexity index is 470. The number of aromatic amines is 1. The van der Waals surface area contributed by atoms with E-state index in [-0.39, 0.29) is 5.56 Å². The molecule has 0 bridgehead atoms. The highest BCUT2D eigenvalue weighted by Crippen LogP contribution is 2.25. The summed E-state index contributed by atoms with van der Waals surface area (Å²) >= 11 is 1.69. The molecule has 0 atom stereocenters. The summed E-state index contributed by atoms with van der Waals surface area (Å²) < 4.78 is 0. The van der Waals surface area contributed by atoms with Gasteiger partial charge in [-0.1, -0.05) is 0 Å². The molecule has 0 radical (unpaired) electrons. The van der Waals surface area contributed by atoms with Crippen molar-refractivity contribution < 1.29 is 0 Å². The van der Waals surface area contributed by atoms with E-state index in [1.807, 2.05) is 17.5 Å². The molecule has 66 valence electrons. The van der Waals surface area contributed by atoms with Gasteiger partial charge in [-0.3, -0.25) is 4.79 Å². The van der Waals surface area contributed by atoms with Crippen LogP contribution in [0.5, 0.6) is 0 Å².